The molecule has 2 rings (SSSR count). The number of hydrogen-bond acceptors (Lipinski definition) is 4. The maximum atomic E-state index is 12.3. The summed E-state index contributed by atoms with van der Waals surface area (Å²) in [7, 11) is 0. The Morgan fingerprint density at radius 2 is 1.95 bits per heavy atom. The first-order chi connectivity index (χ1) is 9.10. The van der Waals surface area contributed by atoms with Gasteiger partial charge in [-0.1, -0.05) is 11.6 Å². The quantitative estimate of drug-likeness (QED) is 0.800. The van der Waals surface area contributed by atoms with E-state index in [1.54, 1.807) is 23.1 Å². The van der Waals surface area contributed by atoms with Crippen LogP contribution in [0.3, 0.4) is 0 Å². The predicted octanol–water partition coefficient (Wildman–Crippen LogP) is 0.672. The summed E-state index contributed by atoms with van der Waals surface area (Å²) in [4.78, 5) is 16.2. The second-order valence-corrected chi connectivity index (χ2v) is 5.07. The number of nitrogen functional groups attached to an aromatic ring is 1. The van der Waals surface area contributed by atoms with Crippen LogP contribution in [0.1, 0.15) is 10.4 Å². The summed E-state index contributed by atoms with van der Waals surface area (Å²) < 4.78 is 0. The van der Waals surface area contributed by atoms with Crippen LogP contribution in [-0.2, 0) is 0 Å². The van der Waals surface area contributed by atoms with Crippen LogP contribution in [0.2, 0.25) is 5.02 Å². The Morgan fingerprint density at radius 1 is 1.26 bits per heavy atom. The SMILES string of the molecule is Nc1cc(Cl)cc(C(=O)N2CCN(CCO)CC2)c1. The van der Waals surface area contributed by atoms with Gasteiger partial charge in [0, 0.05) is 49.0 Å². The molecule has 1 aromatic rings. The molecule has 19 heavy (non-hydrogen) atoms. The molecule has 3 N–H and O–H groups in total. The molecule has 0 bridgehead atoms. The summed E-state index contributed by atoms with van der Waals surface area (Å²) in [6.45, 7) is 3.69. The number of β-amino-alcohol motifs (C(OH)–C–C–N with tert-alkyl or cyclic N) is 1. The van der Waals surface area contributed by atoms with Crippen LogP contribution < -0.4 is 5.73 Å². The number of nitrogens with two attached hydrogens (primary N) is 1. The molecule has 0 atom stereocenters. The standard InChI is InChI=1S/C13H18ClN3O2/c14-11-7-10(8-12(15)9-11)13(19)17-3-1-16(2-4-17)5-6-18/h7-9,18H,1-6,15H2. The van der Waals surface area contributed by atoms with Gasteiger partial charge in [0.25, 0.3) is 5.91 Å². The van der Waals surface area contributed by atoms with Crippen molar-refractivity contribution in [3.63, 3.8) is 0 Å². The number of hydrogen-bond donors (Lipinski definition) is 2. The number of carbonyl (C=O) groups is 1. The normalized spacial score (nSPS) is 16.6. The smallest absolute Gasteiger partial charge is 0.254 e. The molecule has 1 fully saturated rings. The lowest BCUT2D eigenvalue weighted by atomic mass is 10.1. The minimum atomic E-state index is -0.0437. The first-order valence-electron chi connectivity index (χ1n) is 6.28. The summed E-state index contributed by atoms with van der Waals surface area (Å²) in [5.74, 6) is -0.0437. The fourth-order valence-corrected chi connectivity index (χ4v) is 2.48. The fourth-order valence-electron chi connectivity index (χ4n) is 2.23. The minimum absolute atomic E-state index is 0.0437. The van der Waals surface area contributed by atoms with Crippen molar-refractivity contribution in [1.29, 1.82) is 0 Å². The molecule has 0 saturated carbocycles. The first kappa shape index (κ1) is 14.1. The third-order valence-electron chi connectivity index (χ3n) is 3.24. The highest BCUT2D eigenvalue weighted by Crippen LogP contribution is 2.18. The maximum Gasteiger partial charge on any atom is 0.254 e. The van der Waals surface area contributed by atoms with Crippen LogP contribution in [0.15, 0.2) is 18.2 Å². The van der Waals surface area contributed by atoms with Crippen molar-refractivity contribution in [2.75, 3.05) is 45.1 Å². The molecule has 0 aromatic heterocycles. The van der Waals surface area contributed by atoms with Gasteiger partial charge in [-0.3, -0.25) is 9.69 Å². The highest BCUT2D eigenvalue weighted by atomic mass is 35.5. The van der Waals surface area contributed by atoms with Gasteiger partial charge in [-0.15, -0.1) is 0 Å². The summed E-state index contributed by atoms with van der Waals surface area (Å²) >= 11 is 5.91. The predicted molar refractivity (Wildman–Crippen MR) is 75.3 cm³/mol. The van der Waals surface area contributed by atoms with Crippen LogP contribution in [0.4, 0.5) is 5.69 Å². The summed E-state index contributed by atoms with van der Waals surface area (Å²) in [5.41, 5.74) is 6.72. The minimum Gasteiger partial charge on any atom is -0.399 e. The van der Waals surface area contributed by atoms with E-state index in [-0.39, 0.29) is 12.5 Å². The van der Waals surface area contributed by atoms with E-state index in [0.717, 1.165) is 13.1 Å². The molecular formula is C13H18ClN3O2. The summed E-state index contributed by atoms with van der Waals surface area (Å²) in [5, 5.41) is 9.36. The van der Waals surface area contributed by atoms with E-state index >= 15 is 0 Å². The Morgan fingerprint density at radius 3 is 2.53 bits per heavy atom. The largest absolute Gasteiger partial charge is 0.399 e. The second-order valence-electron chi connectivity index (χ2n) is 4.63. The topological polar surface area (TPSA) is 69.8 Å². The van der Waals surface area contributed by atoms with Gasteiger partial charge in [-0.25, -0.2) is 0 Å². The van der Waals surface area contributed by atoms with Crippen molar-refractivity contribution < 1.29 is 9.90 Å². The number of anilines is 1. The van der Waals surface area contributed by atoms with Gasteiger partial charge in [-0.05, 0) is 18.2 Å². The Labute approximate surface area is 117 Å². The van der Waals surface area contributed by atoms with Gasteiger partial charge >= 0.3 is 0 Å². The molecule has 0 spiro atoms. The number of amides is 1. The van der Waals surface area contributed by atoms with Gasteiger partial charge in [0.15, 0.2) is 0 Å². The average molecular weight is 284 g/mol. The van der Waals surface area contributed by atoms with Crippen LogP contribution in [0.25, 0.3) is 0 Å². The molecule has 0 aliphatic carbocycles. The van der Waals surface area contributed by atoms with Crippen LogP contribution >= 0.6 is 11.6 Å². The molecule has 6 heteroatoms. The number of piperazine rings is 1. The molecule has 1 amide bonds. The maximum absolute atomic E-state index is 12.3. The highest BCUT2D eigenvalue weighted by molar-refractivity contribution is 6.31. The van der Waals surface area contributed by atoms with Gasteiger partial charge < -0.3 is 15.7 Å². The summed E-state index contributed by atoms with van der Waals surface area (Å²) in [6, 6.07) is 4.91. The number of aliphatic hydroxyl groups excluding tert-OH is 1. The Bertz CT molecular complexity index is 439. The van der Waals surface area contributed by atoms with E-state index < -0.39 is 0 Å². The number of benzene rings is 1. The van der Waals surface area contributed by atoms with Crippen molar-refractivity contribution in [3.8, 4) is 0 Å². The van der Waals surface area contributed by atoms with E-state index in [1.807, 2.05) is 0 Å². The lowest BCUT2D eigenvalue weighted by Crippen LogP contribution is -2.49. The Kier molecular flexibility index (Phi) is 4.63. The van der Waals surface area contributed by atoms with Crippen molar-refractivity contribution in [2.45, 2.75) is 0 Å². The molecule has 1 aliphatic heterocycles. The lowest BCUT2D eigenvalue weighted by molar-refractivity contribution is 0.0615. The third kappa shape index (κ3) is 3.59. The molecule has 1 aliphatic rings. The highest BCUT2D eigenvalue weighted by Gasteiger charge is 2.22. The van der Waals surface area contributed by atoms with Crippen molar-refractivity contribution in [1.82, 2.24) is 9.80 Å². The zero-order chi connectivity index (χ0) is 13.8. The average Bonchev–Trinajstić information content (AvgIpc) is 2.38. The Hall–Kier alpha value is -1.30. The number of rotatable bonds is 3. The van der Waals surface area contributed by atoms with Crippen LogP contribution in [0, 0.1) is 0 Å². The van der Waals surface area contributed by atoms with Crippen molar-refractivity contribution >= 4 is 23.2 Å². The molecule has 1 saturated heterocycles. The molecule has 0 unspecified atom stereocenters. The molecule has 1 aromatic carbocycles. The molecule has 0 radical (unpaired) electrons. The van der Waals surface area contributed by atoms with E-state index in [4.69, 9.17) is 22.4 Å². The Balaban J connectivity index is 2.01. The van der Waals surface area contributed by atoms with E-state index in [0.29, 0.717) is 35.9 Å². The van der Waals surface area contributed by atoms with E-state index in [9.17, 15) is 4.79 Å². The zero-order valence-electron chi connectivity index (χ0n) is 10.7. The van der Waals surface area contributed by atoms with Gasteiger partial charge in [0.05, 0.1) is 6.61 Å². The van der Waals surface area contributed by atoms with Gasteiger partial charge in [-0.2, -0.15) is 0 Å². The molecule has 5 nitrogen and oxygen atoms in total. The lowest BCUT2D eigenvalue weighted by Gasteiger charge is -2.34. The number of halogens is 1. The number of nitrogens with zero attached hydrogens (tertiary/aromatic N) is 2. The number of aliphatic hydroxyl groups is 1. The fraction of sp³-hybridized carbons (Fsp3) is 0.462. The first-order valence-corrected chi connectivity index (χ1v) is 6.66. The van der Waals surface area contributed by atoms with Gasteiger partial charge in [0.2, 0.25) is 0 Å². The summed E-state index contributed by atoms with van der Waals surface area (Å²) in [6.07, 6.45) is 0. The molecule has 1 heterocycles. The molecule has 104 valence electrons. The monoisotopic (exact) mass is 283 g/mol. The molecular weight excluding hydrogens is 266 g/mol. The second kappa shape index (κ2) is 6.23. The third-order valence-corrected chi connectivity index (χ3v) is 3.46. The number of carbonyl (C=O) groups excluding carboxylic acids is 1. The zero-order valence-corrected chi connectivity index (χ0v) is 11.4. The van der Waals surface area contributed by atoms with E-state index in [2.05, 4.69) is 4.90 Å². The van der Waals surface area contributed by atoms with Crippen LogP contribution in [-0.4, -0.2) is 60.1 Å². The van der Waals surface area contributed by atoms with Crippen molar-refractivity contribution in [2.24, 2.45) is 0 Å². The van der Waals surface area contributed by atoms with Gasteiger partial charge in [0.1, 0.15) is 0 Å². The van der Waals surface area contributed by atoms with Crippen LogP contribution in [0.5, 0.6) is 0 Å². The van der Waals surface area contributed by atoms with E-state index in [1.165, 1.54) is 0 Å². The van der Waals surface area contributed by atoms with Crippen molar-refractivity contribution in [3.05, 3.63) is 28.8 Å².